The summed E-state index contributed by atoms with van der Waals surface area (Å²) in [5, 5.41) is 6.59. The number of hydrogen-bond donors (Lipinski definition) is 1. The van der Waals surface area contributed by atoms with Crippen LogP contribution in [0.1, 0.15) is 42.6 Å². The quantitative estimate of drug-likeness (QED) is 0.896. The number of anilines is 1. The first-order valence-corrected chi connectivity index (χ1v) is 6.22. The van der Waals surface area contributed by atoms with Gasteiger partial charge in [-0.05, 0) is 24.0 Å². The van der Waals surface area contributed by atoms with Crippen LogP contribution in [0.5, 0.6) is 0 Å². The van der Waals surface area contributed by atoms with Gasteiger partial charge in [-0.1, -0.05) is 44.1 Å². The van der Waals surface area contributed by atoms with Gasteiger partial charge in [0.2, 0.25) is 5.76 Å². The Labute approximate surface area is 112 Å². The van der Waals surface area contributed by atoms with Gasteiger partial charge in [-0.25, -0.2) is 0 Å². The summed E-state index contributed by atoms with van der Waals surface area (Å²) in [5.74, 6) is -0.0569. The summed E-state index contributed by atoms with van der Waals surface area (Å²) < 4.78 is 4.96. The maximum atomic E-state index is 12.1. The molecule has 1 amide bonds. The van der Waals surface area contributed by atoms with E-state index in [4.69, 9.17) is 4.52 Å². The van der Waals surface area contributed by atoms with Crippen molar-refractivity contribution in [2.45, 2.75) is 33.1 Å². The number of carbonyl (C=O) groups excluding carboxylic acids is 1. The standard InChI is InChI=1S/C15H18N2O2/c1-10-9-13(19-17-10)14(18)16-12-8-6-5-7-11(12)15(2,3)4/h5-9H,1-4H3,(H,16,18). The van der Waals surface area contributed by atoms with E-state index in [0.717, 1.165) is 11.3 Å². The zero-order valence-electron chi connectivity index (χ0n) is 11.7. The van der Waals surface area contributed by atoms with Crippen molar-refractivity contribution < 1.29 is 9.32 Å². The molecular formula is C15H18N2O2. The lowest BCUT2D eigenvalue weighted by atomic mass is 9.86. The highest BCUT2D eigenvalue weighted by Crippen LogP contribution is 2.29. The van der Waals surface area contributed by atoms with Crippen LogP contribution in [0.3, 0.4) is 0 Å². The molecule has 0 atom stereocenters. The third-order valence-corrected chi connectivity index (χ3v) is 2.84. The van der Waals surface area contributed by atoms with E-state index in [1.54, 1.807) is 13.0 Å². The number of para-hydroxylation sites is 1. The van der Waals surface area contributed by atoms with Gasteiger partial charge in [0.15, 0.2) is 0 Å². The van der Waals surface area contributed by atoms with Crippen molar-refractivity contribution in [3.8, 4) is 0 Å². The van der Waals surface area contributed by atoms with Crippen molar-refractivity contribution in [1.82, 2.24) is 5.16 Å². The van der Waals surface area contributed by atoms with E-state index in [2.05, 4.69) is 31.2 Å². The van der Waals surface area contributed by atoms with E-state index < -0.39 is 0 Å². The van der Waals surface area contributed by atoms with Gasteiger partial charge in [-0.2, -0.15) is 0 Å². The maximum Gasteiger partial charge on any atom is 0.294 e. The molecule has 4 heteroatoms. The van der Waals surface area contributed by atoms with Crippen LogP contribution in [0.15, 0.2) is 34.9 Å². The molecule has 1 aromatic carbocycles. The Morgan fingerprint density at radius 2 is 1.95 bits per heavy atom. The molecule has 0 aliphatic carbocycles. The topological polar surface area (TPSA) is 55.1 Å². The fraction of sp³-hybridized carbons (Fsp3) is 0.333. The molecule has 0 saturated heterocycles. The summed E-state index contributed by atoms with van der Waals surface area (Å²) in [7, 11) is 0. The van der Waals surface area contributed by atoms with Gasteiger partial charge in [0, 0.05) is 11.8 Å². The molecule has 0 spiro atoms. The Bertz CT molecular complexity index is 594. The maximum absolute atomic E-state index is 12.1. The molecule has 100 valence electrons. The number of aryl methyl sites for hydroxylation is 1. The largest absolute Gasteiger partial charge is 0.351 e. The van der Waals surface area contributed by atoms with Gasteiger partial charge in [-0.3, -0.25) is 4.79 Å². The minimum absolute atomic E-state index is 0.0405. The minimum atomic E-state index is -0.280. The molecule has 1 heterocycles. The first-order valence-electron chi connectivity index (χ1n) is 6.22. The number of carbonyl (C=O) groups is 1. The summed E-state index contributed by atoms with van der Waals surface area (Å²) in [6.45, 7) is 8.10. The Balaban J connectivity index is 2.27. The highest BCUT2D eigenvalue weighted by Gasteiger charge is 2.20. The van der Waals surface area contributed by atoms with Crippen LogP contribution >= 0.6 is 0 Å². The first-order chi connectivity index (χ1) is 8.88. The van der Waals surface area contributed by atoms with Gasteiger partial charge in [-0.15, -0.1) is 0 Å². The minimum Gasteiger partial charge on any atom is -0.351 e. The number of nitrogens with zero attached hydrogens (tertiary/aromatic N) is 1. The van der Waals surface area contributed by atoms with Crippen molar-refractivity contribution in [2.24, 2.45) is 0 Å². The molecular weight excluding hydrogens is 240 g/mol. The van der Waals surface area contributed by atoms with Crippen molar-refractivity contribution in [3.63, 3.8) is 0 Å². The van der Waals surface area contributed by atoms with Gasteiger partial charge < -0.3 is 9.84 Å². The van der Waals surface area contributed by atoms with Crippen molar-refractivity contribution in [1.29, 1.82) is 0 Å². The molecule has 0 aliphatic rings. The van der Waals surface area contributed by atoms with Gasteiger partial charge in [0.1, 0.15) is 0 Å². The lowest BCUT2D eigenvalue weighted by Gasteiger charge is -2.22. The molecule has 0 saturated carbocycles. The van der Waals surface area contributed by atoms with Crippen molar-refractivity contribution in [2.75, 3.05) is 5.32 Å². The summed E-state index contributed by atoms with van der Waals surface area (Å²) in [5.41, 5.74) is 2.53. The number of benzene rings is 1. The monoisotopic (exact) mass is 258 g/mol. The molecule has 1 aromatic heterocycles. The van der Waals surface area contributed by atoms with Crippen LogP contribution in [0.25, 0.3) is 0 Å². The van der Waals surface area contributed by atoms with Crippen molar-refractivity contribution in [3.05, 3.63) is 47.3 Å². The van der Waals surface area contributed by atoms with E-state index >= 15 is 0 Å². The lowest BCUT2D eigenvalue weighted by Crippen LogP contribution is -2.18. The molecule has 0 fully saturated rings. The molecule has 0 aliphatic heterocycles. The Morgan fingerprint density at radius 1 is 1.26 bits per heavy atom. The second kappa shape index (κ2) is 4.88. The van der Waals surface area contributed by atoms with Crippen molar-refractivity contribution >= 4 is 11.6 Å². The van der Waals surface area contributed by atoms with Gasteiger partial charge >= 0.3 is 0 Å². The van der Waals surface area contributed by atoms with E-state index in [9.17, 15) is 4.79 Å². The fourth-order valence-electron chi connectivity index (χ4n) is 1.90. The molecule has 19 heavy (non-hydrogen) atoms. The van der Waals surface area contributed by atoms with Crippen LogP contribution < -0.4 is 5.32 Å². The van der Waals surface area contributed by atoms with Gasteiger partial charge in [0.25, 0.3) is 5.91 Å². The first kappa shape index (κ1) is 13.3. The Morgan fingerprint density at radius 3 is 2.53 bits per heavy atom. The van der Waals surface area contributed by atoms with Gasteiger partial charge in [0.05, 0.1) is 5.69 Å². The summed E-state index contributed by atoms with van der Waals surface area (Å²) >= 11 is 0. The fourth-order valence-corrected chi connectivity index (χ4v) is 1.90. The molecule has 2 aromatic rings. The number of aromatic nitrogens is 1. The second-order valence-electron chi connectivity index (χ2n) is 5.58. The van der Waals surface area contributed by atoms with Crippen LogP contribution in [0.4, 0.5) is 5.69 Å². The number of rotatable bonds is 2. The smallest absolute Gasteiger partial charge is 0.294 e. The molecule has 0 unspecified atom stereocenters. The third kappa shape index (κ3) is 3.02. The number of hydrogen-bond acceptors (Lipinski definition) is 3. The summed E-state index contributed by atoms with van der Waals surface area (Å²) in [4.78, 5) is 12.1. The number of amides is 1. The summed E-state index contributed by atoms with van der Waals surface area (Å²) in [6.07, 6.45) is 0. The zero-order valence-corrected chi connectivity index (χ0v) is 11.7. The normalized spacial score (nSPS) is 11.4. The molecule has 0 bridgehead atoms. The highest BCUT2D eigenvalue weighted by molar-refractivity contribution is 6.02. The Kier molecular flexibility index (Phi) is 3.42. The lowest BCUT2D eigenvalue weighted by molar-refractivity contribution is 0.0987. The van der Waals surface area contributed by atoms with E-state index in [1.165, 1.54) is 0 Å². The van der Waals surface area contributed by atoms with Crippen LogP contribution in [-0.2, 0) is 5.41 Å². The predicted octanol–water partition coefficient (Wildman–Crippen LogP) is 3.53. The second-order valence-corrected chi connectivity index (χ2v) is 5.58. The van der Waals surface area contributed by atoms with Crippen LogP contribution in [0.2, 0.25) is 0 Å². The molecule has 2 rings (SSSR count). The van der Waals surface area contributed by atoms with Crippen LogP contribution in [0, 0.1) is 6.92 Å². The number of nitrogens with one attached hydrogen (secondary N) is 1. The van der Waals surface area contributed by atoms with E-state index in [-0.39, 0.29) is 17.1 Å². The van der Waals surface area contributed by atoms with E-state index in [1.807, 2.05) is 24.3 Å². The average molecular weight is 258 g/mol. The molecule has 4 nitrogen and oxygen atoms in total. The zero-order chi connectivity index (χ0) is 14.0. The third-order valence-electron chi connectivity index (χ3n) is 2.84. The Hall–Kier alpha value is -2.10. The predicted molar refractivity (Wildman–Crippen MR) is 74.3 cm³/mol. The average Bonchev–Trinajstić information content (AvgIpc) is 2.75. The van der Waals surface area contributed by atoms with Crippen LogP contribution in [-0.4, -0.2) is 11.1 Å². The summed E-state index contributed by atoms with van der Waals surface area (Å²) in [6, 6.07) is 9.39. The molecule has 0 radical (unpaired) electrons. The molecule has 1 N–H and O–H groups in total. The van der Waals surface area contributed by atoms with E-state index in [0.29, 0.717) is 5.69 Å². The highest BCUT2D eigenvalue weighted by atomic mass is 16.5. The SMILES string of the molecule is Cc1cc(C(=O)Nc2ccccc2C(C)(C)C)on1.